The van der Waals surface area contributed by atoms with E-state index in [1.807, 2.05) is 23.1 Å². The first-order valence-corrected chi connectivity index (χ1v) is 7.75. The van der Waals surface area contributed by atoms with Gasteiger partial charge >= 0.3 is 0 Å². The normalized spacial score (nSPS) is 20.3. The summed E-state index contributed by atoms with van der Waals surface area (Å²) in [7, 11) is 0. The van der Waals surface area contributed by atoms with Gasteiger partial charge in [0, 0.05) is 38.6 Å². The van der Waals surface area contributed by atoms with Crippen molar-refractivity contribution in [1.82, 2.24) is 14.7 Å². The van der Waals surface area contributed by atoms with Gasteiger partial charge < -0.3 is 9.64 Å². The van der Waals surface area contributed by atoms with E-state index >= 15 is 0 Å². The van der Waals surface area contributed by atoms with Crippen molar-refractivity contribution >= 4 is 0 Å². The van der Waals surface area contributed by atoms with Crippen molar-refractivity contribution in [2.24, 2.45) is 0 Å². The molecule has 0 N–H and O–H groups in total. The summed E-state index contributed by atoms with van der Waals surface area (Å²) >= 11 is 0. The van der Waals surface area contributed by atoms with Crippen molar-refractivity contribution < 1.29 is 4.74 Å². The first kappa shape index (κ1) is 14.3. The fraction of sp³-hybridized carbons (Fsp3) is 0.471. The van der Waals surface area contributed by atoms with Crippen LogP contribution in [0.3, 0.4) is 0 Å². The van der Waals surface area contributed by atoms with Gasteiger partial charge in [0.05, 0.1) is 12.6 Å². The molecule has 0 spiro atoms. The minimum atomic E-state index is 0.239. The number of rotatable bonds is 5. The van der Waals surface area contributed by atoms with Crippen LogP contribution in [0.5, 0.6) is 0 Å². The van der Waals surface area contributed by atoms with E-state index in [1.165, 1.54) is 5.56 Å². The molecule has 2 heterocycles. The minimum Gasteiger partial charge on any atom is -0.375 e. The van der Waals surface area contributed by atoms with Crippen LogP contribution in [0.25, 0.3) is 0 Å². The van der Waals surface area contributed by atoms with E-state index < -0.39 is 0 Å². The molecule has 1 aromatic carbocycles. The highest BCUT2D eigenvalue weighted by Gasteiger charge is 2.19. The maximum Gasteiger partial charge on any atom is 0.0897 e. The molecule has 4 nitrogen and oxygen atoms in total. The Balaban J connectivity index is 1.52. The molecule has 1 fully saturated rings. The summed E-state index contributed by atoms with van der Waals surface area (Å²) in [5, 5.41) is 4.28. The summed E-state index contributed by atoms with van der Waals surface area (Å²) in [6.07, 6.45) is 6.29. The van der Waals surface area contributed by atoms with Gasteiger partial charge in [0.15, 0.2) is 0 Å². The lowest BCUT2D eigenvalue weighted by Gasteiger charge is -2.23. The molecule has 1 aromatic heterocycles. The fourth-order valence-corrected chi connectivity index (χ4v) is 2.83. The second kappa shape index (κ2) is 7.38. The molecule has 0 aliphatic carbocycles. The summed E-state index contributed by atoms with van der Waals surface area (Å²) < 4.78 is 7.92. The number of hydrogen-bond donors (Lipinski definition) is 0. The molecule has 0 bridgehead atoms. The first-order chi connectivity index (χ1) is 10.4. The Morgan fingerprint density at radius 1 is 1.19 bits per heavy atom. The SMILES string of the molecule is c1ccc(CCN2CCCOC(Cn3cccn3)C2)cc1. The Morgan fingerprint density at radius 2 is 2.10 bits per heavy atom. The smallest absolute Gasteiger partial charge is 0.0897 e. The number of ether oxygens (including phenoxy) is 1. The molecule has 1 saturated heterocycles. The maximum atomic E-state index is 5.96. The predicted octanol–water partition coefficient (Wildman–Crippen LogP) is 2.22. The van der Waals surface area contributed by atoms with Gasteiger partial charge in [0.25, 0.3) is 0 Å². The summed E-state index contributed by atoms with van der Waals surface area (Å²) in [6.45, 7) is 4.92. The van der Waals surface area contributed by atoms with Crippen molar-refractivity contribution in [3.05, 3.63) is 54.4 Å². The van der Waals surface area contributed by atoms with Gasteiger partial charge in [-0.3, -0.25) is 4.68 Å². The second-order valence-electron chi connectivity index (χ2n) is 5.61. The lowest BCUT2D eigenvalue weighted by Crippen LogP contribution is -2.35. The Labute approximate surface area is 126 Å². The highest BCUT2D eigenvalue weighted by molar-refractivity contribution is 5.14. The van der Waals surface area contributed by atoms with Crippen LogP contribution in [-0.2, 0) is 17.7 Å². The summed E-state index contributed by atoms with van der Waals surface area (Å²) in [5.41, 5.74) is 1.41. The molecule has 1 unspecified atom stereocenters. The van der Waals surface area contributed by atoms with Crippen LogP contribution in [0.1, 0.15) is 12.0 Å². The lowest BCUT2D eigenvalue weighted by atomic mass is 10.1. The van der Waals surface area contributed by atoms with Crippen LogP contribution in [0.4, 0.5) is 0 Å². The van der Waals surface area contributed by atoms with E-state index in [0.29, 0.717) is 0 Å². The topological polar surface area (TPSA) is 30.3 Å². The van der Waals surface area contributed by atoms with Crippen molar-refractivity contribution in [1.29, 1.82) is 0 Å². The second-order valence-corrected chi connectivity index (χ2v) is 5.61. The minimum absolute atomic E-state index is 0.239. The first-order valence-electron chi connectivity index (χ1n) is 7.75. The van der Waals surface area contributed by atoms with E-state index in [4.69, 9.17) is 4.74 Å². The zero-order valence-electron chi connectivity index (χ0n) is 12.4. The van der Waals surface area contributed by atoms with Crippen LogP contribution >= 0.6 is 0 Å². The van der Waals surface area contributed by atoms with E-state index in [0.717, 1.165) is 45.6 Å². The number of benzene rings is 1. The quantitative estimate of drug-likeness (QED) is 0.844. The summed E-state index contributed by atoms with van der Waals surface area (Å²) in [6, 6.07) is 12.7. The molecule has 1 aliphatic rings. The molecule has 0 radical (unpaired) electrons. The molecular weight excluding hydrogens is 262 g/mol. The van der Waals surface area contributed by atoms with Crippen LogP contribution in [0.2, 0.25) is 0 Å². The standard InChI is InChI=1S/C17H23N3O/c1-2-6-16(7-3-1)8-12-19-10-5-13-21-17(14-19)15-20-11-4-9-18-20/h1-4,6-7,9,11,17H,5,8,10,12-15H2. The fourth-order valence-electron chi connectivity index (χ4n) is 2.83. The molecule has 1 aliphatic heterocycles. The Bertz CT molecular complexity index is 512. The monoisotopic (exact) mass is 285 g/mol. The molecule has 21 heavy (non-hydrogen) atoms. The number of nitrogens with zero attached hydrogens (tertiary/aromatic N) is 3. The molecule has 4 heteroatoms. The molecule has 3 rings (SSSR count). The van der Waals surface area contributed by atoms with Gasteiger partial charge in [0.2, 0.25) is 0 Å². The van der Waals surface area contributed by atoms with E-state index in [-0.39, 0.29) is 6.10 Å². The van der Waals surface area contributed by atoms with Gasteiger partial charge in [-0.1, -0.05) is 30.3 Å². The average Bonchev–Trinajstić information content (AvgIpc) is 2.92. The van der Waals surface area contributed by atoms with Crippen molar-refractivity contribution in [2.45, 2.75) is 25.5 Å². The van der Waals surface area contributed by atoms with E-state index in [9.17, 15) is 0 Å². The number of hydrogen-bond acceptors (Lipinski definition) is 3. The molecular formula is C17H23N3O. The Morgan fingerprint density at radius 3 is 2.90 bits per heavy atom. The zero-order valence-corrected chi connectivity index (χ0v) is 12.4. The van der Waals surface area contributed by atoms with E-state index in [2.05, 4.69) is 40.3 Å². The van der Waals surface area contributed by atoms with E-state index in [1.54, 1.807) is 0 Å². The zero-order chi connectivity index (χ0) is 14.3. The highest BCUT2D eigenvalue weighted by atomic mass is 16.5. The van der Waals surface area contributed by atoms with Gasteiger partial charge in [-0.05, 0) is 24.5 Å². The third-order valence-electron chi connectivity index (χ3n) is 3.94. The molecule has 0 amide bonds. The van der Waals surface area contributed by atoms with Crippen molar-refractivity contribution in [3.8, 4) is 0 Å². The van der Waals surface area contributed by atoms with Crippen molar-refractivity contribution in [3.63, 3.8) is 0 Å². The van der Waals surface area contributed by atoms with Crippen LogP contribution in [-0.4, -0.2) is 47.0 Å². The maximum absolute atomic E-state index is 5.96. The highest BCUT2D eigenvalue weighted by Crippen LogP contribution is 2.09. The van der Waals surface area contributed by atoms with Crippen molar-refractivity contribution in [2.75, 3.05) is 26.2 Å². The third-order valence-corrected chi connectivity index (χ3v) is 3.94. The number of aromatic nitrogens is 2. The average molecular weight is 285 g/mol. The largest absolute Gasteiger partial charge is 0.375 e. The molecule has 112 valence electrons. The van der Waals surface area contributed by atoms with Crippen LogP contribution in [0, 0.1) is 0 Å². The van der Waals surface area contributed by atoms with Gasteiger partial charge in [-0.15, -0.1) is 0 Å². The summed E-state index contributed by atoms with van der Waals surface area (Å²) in [5.74, 6) is 0. The third kappa shape index (κ3) is 4.41. The predicted molar refractivity (Wildman–Crippen MR) is 83.2 cm³/mol. The lowest BCUT2D eigenvalue weighted by molar-refractivity contribution is 0.0402. The molecule has 2 aromatic rings. The van der Waals surface area contributed by atoms with Crippen LogP contribution in [0.15, 0.2) is 48.8 Å². The van der Waals surface area contributed by atoms with Gasteiger partial charge in [-0.2, -0.15) is 5.10 Å². The van der Waals surface area contributed by atoms with Gasteiger partial charge in [0.1, 0.15) is 0 Å². The Hall–Kier alpha value is -1.65. The molecule has 0 saturated carbocycles. The Kier molecular flexibility index (Phi) is 5.03. The van der Waals surface area contributed by atoms with Gasteiger partial charge in [-0.25, -0.2) is 0 Å². The summed E-state index contributed by atoms with van der Waals surface area (Å²) in [4.78, 5) is 2.52. The molecule has 1 atom stereocenters. The van der Waals surface area contributed by atoms with Crippen LogP contribution < -0.4 is 0 Å².